The van der Waals surface area contributed by atoms with E-state index in [4.69, 9.17) is 9.97 Å². The summed E-state index contributed by atoms with van der Waals surface area (Å²) in [5, 5.41) is 5.82. The molecule has 2 amide bonds. The maximum Gasteiger partial charge on any atom is 0.238 e. The van der Waals surface area contributed by atoms with E-state index in [2.05, 4.69) is 10.6 Å². The first-order valence-corrected chi connectivity index (χ1v) is 11.0. The molecule has 1 fully saturated rings. The molecular weight excluding hydrogens is 411 g/mol. The lowest BCUT2D eigenvalue weighted by atomic mass is 9.96. The Morgan fingerprint density at radius 2 is 2.03 bits per heavy atom. The van der Waals surface area contributed by atoms with E-state index in [-0.39, 0.29) is 30.0 Å². The van der Waals surface area contributed by atoms with Crippen LogP contribution in [0.4, 0.5) is 15.9 Å². The normalized spacial score (nSPS) is 18.7. The van der Waals surface area contributed by atoms with Gasteiger partial charge >= 0.3 is 0 Å². The summed E-state index contributed by atoms with van der Waals surface area (Å²) in [6, 6.07) is 6.14. The van der Waals surface area contributed by atoms with Crippen molar-refractivity contribution in [3.63, 3.8) is 0 Å². The highest BCUT2D eigenvalue weighted by molar-refractivity contribution is 5.92. The van der Waals surface area contributed by atoms with E-state index in [1.54, 1.807) is 25.1 Å². The van der Waals surface area contributed by atoms with Gasteiger partial charge in [0.05, 0.1) is 17.9 Å². The second kappa shape index (κ2) is 9.60. The average Bonchev–Trinajstić information content (AvgIpc) is 2.80. The van der Waals surface area contributed by atoms with Gasteiger partial charge in [0.25, 0.3) is 0 Å². The minimum atomic E-state index is -0.450. The van der Waals surface area contributed by atoms with Gasteiger partial charge in [-0.3, -0.25) is 14.5 Å². The number of para-hydroxylation sites is 1. The number of piperidine rings is 1. The number of fused-ring (bicyclic) bond motifs is 1. The molecule has 2 aliphatic heterocycles. The summed E-state index contributed by atoms with van der Waals surface area (Å²) in [7, 11) is 1.83. The van der Waals surface area contributed by atoms with Crippen LogP contribution in [0.15, 0.2) is 24.3 Å². The third kappa shape index (κ3) is 4.88. The fourth-order valence-electron chi connectivity index (χ4n) is 4.44. The van der Waals surface area contributed by atoms with Crippen LogP contribution >= 0.6 is 0 Å². The van der Waals surface area contributed by atoms with Gasteiger partial charge in [-0.05, 0) is 25.0 Å². The summed E-state index contributed by atoms with van der Waals surface area (Å²) in [6.45, 7) is 4.43. The van der Waals surface area contributed by atoms with E-state index >= 15 is 0 Å². The topological polar surface area (TPSA) is 90.5 Å². The first-order chi connectivity index (χ1) is 15.4. The van der Waals surface area contributed by atoms with Crippen LogP contribution in [0, 0.1) is 5.82 Å². The molecule has 8 nitrogen and oxygen atoms in total. The molecule has 1 atom stereocenters. The fourth-order valence-corrected chi connectivity index (χ4v) is 4.44. The van der Waals surface area contributed by atoms with Crippen molar-refractivity contribution in [2.75, 3.05) is 43.9 Å². The summed E-state index contributed by atoms with van der Waals surface area (Å²) in [5.41, 5.74) is 2.16. The lowest BCUT2D eigenvalue weighted by molar-refractivity contribution is -0.130. The van der Waals surface area contributed by atoms with Crippen molar-refractivity contribution in [3.8, 4) is 0 Å². The van der Waals surface area contributed by atoms with Crippen LogP contribution in [-0.4, -0.2) is 64.8 Å². The number of halogens is 1. The molecule has 0 radical (unpaired) electrons. The molecule has 4 rings (SSSR count). The third-order valence-electron chi connectivity index (χ3n) is 6.14. The number of anilines is 2. The summed E-state index contributed by atoms with van der Waals surface area (Å²) in [4.78, 5) is 37.8. The number of hydrogen-bond acceptors (Lipinski definition) is 6. The van der Waals surface area contributed by atoms with Gasteiger partial charge in [-0.15, -0.1) is 0 Å². The molecule has 2 aromatic rings. The molecule has 170 valence electrons. The van der Waals surface area contributed by atoms with E-state index in [1.807, 2.05) is 16.8 Å². The number of rotatable bonds is 5. The molecule has 1 aromatic heterocycles. The average molecular weight is 441 g/mol. The van der Waals surface area contributed by atoms with Gasteiger partial charge in [-0.1, -0.05) is 12.1 Å². The van der Waals surface area contributed by atoms with Crippen LogP contribution < -0.4 is 10.6 Å². The van der Waals surface area contributed by atoms with E-state index in [9.17, 15) is 14.0 Å². The molecule has 0 spiro atoms. The van der Waals surface area contributed by atoms with Gasteiger partial charge in [0, 0.05) is 58.1 Å². The molecule has 2 aliphatic rings. The van der Waals surface area contributed by atoms with Crippen molar-refractivity contribution in [1.29, 1.82) is 0 Å². The molecule has 0 aliphatic carbocycles. The van der Waals surface area contributed by atoms with Crippen molar-refractivity contribution in [2.24, 2.45) is 0 Å². The highest BCUT2D eigenvalue weighted by atomic mass is 19.1. The number of nitrogens with one attached hydrogen (secondary N) is 2. The van der Waals surface area contributed by atoms with Crippen LogP contribution in [0.25, 0.3) is 0 Å². The monoisotopic (exact) mass is 440 g/mol. The quantitative estimate of drug-likeness (QED) is 0.742. The number of hydrogen-bond donors (Lipinski definition) is 2. The zero-order chi connectivity index (χ0) is 22.7. The van der Waals surface area contributed by atoms with E-state index < -0.39 is 5.82 Å². The van der Waals surface area contributed by atoms with Gasteiger partial charge in [-0.25, -0.2) is 14.4 Å². The molecular formula is C23H29FN6O2. The number of carbonyl (C=O) groups is 2. The van der Waals surface area contributed by atoms with Crippen molar-refractivity contribution >= 4 is 23.3 Å². The van der Waals surface area contributed by atoms with Gasteiger partial charge in [0.1, 0.15) is 17.5 Å². The van der Waals surface area contributed by atoms with Crippen LogP contribution in [0.5, 0.6) is 0 Å². The summed E-state index contributed by atoms with van der Waals surface area (Å²) >= 11 is 0. The Labute approximate surface area is 187 Å². The Hall–Kier alpha value is -3.07. The Morgan fingerprint density at radius 3 is 2.78 bits per heavy atom. The van der Waals surface area contributed by atoms with Crippen molar-refractivity contribution in [2.45, 2.75) is 38.6 Å². The van der Waals surface area contributed by atoms with Crippen LogP contribution in [0.2, 0.25) is 0 Å². The summed E-state index contributed by atoms with van der Waals surface area (Å²) in [6.07, 6.45) is 2.62. The fraction of sp³-hybridized carbons (Fsp3) is 0.478. The smallest absolute Gasteiger partial charge is 0.238 e. The molecule has 32 heavy (non-hydrogen) atoms. The highest BCUT2D eigenvalue weighted by Gasteiger charge is 2.29. The van der Waals surface area contributed by atoms with Gasteiger partial charge < -0.3 is 15.5 Å². The highest BCUT2D eigenvalue weighted by Crippen LogP contribution is 2.30. The first-order valence-electron chi connectivity index (χ1n) is 11.0. The number of nitrogens with zero attached hydrogens (tertiary/aromatic N) is 4. The second-order valence-electron chi connectivity index (χ2n) is 8.40. The molecule has 9 heteroatoms. The van der Waals surface area contributed by atoms with Gasteiger partial charge in [0.15, 0.2) is 0 Å². The SMILES string of the molecule is CNc1nc([C@@H]2CCCN(C(C)=O)C2)nc2c1CN(CC(=O)Nc1ccccc1F)CC2. The molecule has 1 aromatic carbocycles. The minimum absolute atomic E-state index is 0.0887. The summed E-state index contributed by atoms with van der Waals surface area (Å²) in [5.74, 6) is 1.07. The van der Waals surface area contributed by atoms with Crippen LogP contribution in [0.3, 0.4) is 0 Å². The second-order valence-corrected chi connectivity index (χ2v) is 8.40. The Morgan fingerprint density at radius 1 is 1.22 bits per heavy atom. The van der Waals surface area contributed by atoms with E-state index in [1.165, 1.54) is 6.07 Å². The lowest BCUT2D eigenvalue weighted by Crippen LogP contribution is -2.39. The van der Waals surface area contributed by atoms with Crippen LogP contribution in [-0.2, 0) is 22.6 Å². The number of aromatic nitrogens is 2. The zero-order valence-electron chi connectivity index (χ0n) is 18.5. The number of benzene rings is 1. The lowest BCUT2D eigenvalue weighted by Gasteiger charge is -2.33. The number of amides is 2. The predicted molar refractivity (Wildman–Crippen MR) is 120 cm³/mol. The van der Waals surface area contributed by atoms with Crippen molar-refractivity contribution in [1.82, 2.24) is 19.8 Å². The molecule has 0 saturated carbocycles. The van der Waals surface area contributed by atoms with Crippen LogP contribution in [0.1, 0.15) is 42.8 Å². The Kier molecular flexibility index (Phi) is 6.64. The summed E-state index contributed by atoms with van der Waals surface area (Å²) < 4.78 is 13.8. The molecule has 2 N–H and O–H groups in total. The number of carbonyl (C=O) groups excluding carboxylic acids is 2. The third-order valence-corrected chi connectivity index (χ3v) is 6.14. The standard InChI is InChI=1S/C23H29FN6O2/c1-15(31)30-10-5-6-16(12-30)22-27-19-9-11-29(13-17(19)23(25-2)28-22)14-21(32)26-20-8-4-3-7-18(20)24/h3-4,7-8,16H,5-6,9-14H2,1-2H3,(H,26,32)(H,25,27,28)/t16-/m1/s1. The maximum atomic E-state index is 13.8. The van der Waals surface area contributed by atoms with Gasteiger partial charge in [-0.2, -0.15) is 0 Å². The minimum Gasteiger partial charge on any atom is -0.373 e. The first kappa shape index (κ1) is 22.1. The Bertz CT molecular complexity index is 997. The molecule has 1 saturated heterocycles. The van der Waals surface area contributed by atoms with E-state index in [0.29, 0.717) is 26.1 Å². The van der Waals surface area contributed by atoms with Crippen molar-refractivity contribution < 1.29 is 14.0 Å². The zero-order valence-corrected chi connectivity index (χ0v) is 18.5. The maximum absolute atomic E-state index is 13.8. The molecule has 0 unspecified atom stereocenters. The van der Waals surface area contributed by atoms with Crippen molar-refractivity contribution in [3.05, 3.63) is 47.2 Å². The van der Waals surface area contributed by atoms with Gasteiger partial charge in [0.2, 0.25) is 11.8 Å². The molecule has 0 bridgehead atoms. The molecule has 3 heterocycles. The predicted octanol–water partition coefficient (Wildman–Crippen LogP) is 2.38. The largest absolute Gasteiger partial charge is 0.373 e. The number of likely N-dealkylation sites (tertiary alicyclic amines) is 1. The Balaban J connectivity index is 1.46. The van der Waals surface area contributed by atoms with E-state index in [0.717, 1.165) is 42.3 Å².